The number of rotatable bonds is 7. The van der Waals surface area contributed by atoms with E-state index in [2.05, 4.69) is 20.6 Å². The van der Waals surface area contributed by atoms with E-state index in [0.29, 0.717) is 30.3 Å². The maximum atomic E-state index is 13.6. The Labute approximate surface area is 152 Å². The van der Waals surface area contributed by atoms with E-state index in [1.54, 1.807) is 18.3 Å². The quantitative estimate of drug-likeness (QED) is 0.672. The van der Waals surface area contributed by atoms with Crippen LogP contribution in [0, 0.1) is 5.82 Å². The molecule has 0 unspecified atom stereocenters. The molecule has 0 fully saturated rings. The smallest absolute Gasteiger partial charge is 0.224 e. The summed E-state index contributed by atoms with van der Waals surface area (Å²) in [4.78, 5) is 10.7. The molecule has 0 amide bonds. The van der Waals surface area contributed by atoms with Gasteiger partial charge in [-0.05, 0) is 48.4 Å². The monoisotopic (exact) mass is 351 g/mol. The summed E-state index contributed by atoms with van der Waals surface area (Å²) in [6.45, 7) is 0.557. The molecule has 0 saturated carbocycles. The minimum atomic E-state index is -0.188. The molecule has 0 aliphatic carbocycles. The first-order valence-corrected chi connectivity index (χ1v) is 8.46. The van der Waals surface area contributed by atoms with Crippen LogP contribution in [0.15, 0.2) is 60.8 Å². The Kier molecular flexibility index (Phi) is 5.63. The molecule has 0 saturated heterocycles. The number of nitrogens with zero attached hydrogens (tertiary/aromatic N) is 3. The molecule has 0 atom stereocenters. The summed E-state index contributed by atoms with van der Waals surface area (Å²) >= 11 is 0. The summed E-state index contributed by atoms with van der Waals surface area (Å²) in [5, 5.41) is 6.39. The average molecular weight is 351 g/mol. The van der Waals surface area contributed by atoms with E-state index in [0.717, 1.165) is 11.4 Å². The molecule has 0 bridgehead atoms. The lowest BCUT2D eigenvalue weighted by molar-refractivity contribution is 0.610. The summed E-state index contributed by atoms with van der Waals surface area (Å²) < 4.78 is 13.6. The maximum absolute atomic E-state index is 13.6. The Balaban J connectivity index is 1.58. The minimum absolute atomic E-state index is 0.188. The maximum Gasteiger partial charge on any atom is 0.224 e. The Hall–Kier alpha value is -3.15. The molecule has 0 radical (unpaired) electrons. The van der Waals surface area contributed by atoms with Crippen LogP contribution in [0.2, 0.25) is 0 Å². The first-order valence-electron chi connectivity index (χ1n) is 8.46. The van der Waals surface area contributed by atoms with Crippen LogP contribution >= 0.6 is 0 Å². The molecule has 1 aromatic heterocycles. The Morgan fingerprint density at radius 3 is 2.50 bits per heavy atom. The first kappa shape index (κ1) is 17.7. The molecule has 2 aromatic carbocycles. The van der Waals surface area contributed by atoms with Gasteiger partial charge in [0, 0.05) is 38.2 Å². The third kappa shape index (κ3) is 4.69. The zero-order valence-corrected chi connectivity index (χ0v) is 14.9. The van der Waals surface area contributed by atoms with Gasteiger partial charge < -0.3 is 15.5 Å². The van der Waals surface area contributed by atoms with Gasteiger partial charge in [-0.15, -0.1) is 0 Å². The molecule has 5 nitrogen and oxygen atoms in total. The number of halogens is 1. The van der Waals surface area contributed by atoms with Crippen LogP contribution in [0.25, 0.3) is 0 Å². The number of anilines is 4. The summed E-state index contributed by atoms with van der Waals surface area (Å²) in [5.41, 5.74) is 2.76. The fourth-order valence-corrected chi connectivity index (χ4v) is 2.51. The largest absolute Gasteiger partial charge is 0.378 e. The highest BCUT2D eigenvalue weighted by atomic mass is 19.1. The van der Waals surface area contributed by atoms with E-state index >= 15 is 0 Å². The normalized spacial score (nSPS) is 10.4. The van der Waals surface area contributed by atoms with Crippen LogP contribution in [-0.2, 0) is 6.42 Å². The number of hydrogen-bond acceptors (Lipinski definition) is 5. The van der Waals surface area contributed by atoms with Crippen molar-refractivity contribution in [2.24, 2.45) is 0 Å². The Morgan fingerprint density at radius 1 is 1.00 bits per heavy atom. The van der Waals surface area contributed by atoms with Gasteiger partial charge in [0.15, 0.2) is 0 Å². The van der Waals surface area contributed by atoms with Crippen molar-refractivity contribution in [3.8, 4) is 0 Å². The van der Waals surface area contributed by atoms with Crippen molar-refractivity contribution in [3.63, 3.8) is 0 Å². The fourth-order valence-electron chi connectivity index (χ4n) is 2.51. The van der Waals surface area contributed by atoms with Crippen molar-refractivity contribution in [2.75, 3.05) is 36.2 Å². The SMILES string of the molecule is CN(C)c1ccc(Nc2ccnc(NCCc3ccccc3F)n2)cc1. The van der Waals surface area contributed by atoms with E-state index in [1.165, 1.54) is 6.07 Å². The third-order valence-corrected chi connectivity index (χ3v) is 3.95. The molecule has 3 aromatic rings. The molecular formula is C20H22FN5. The molecule has 3 rings (SSSR count). The zero-order valence-electron chi connectivity index (χ0n) is 14.9. The second-order valence-electron chi connectivity index (χ2n) is 6.10. The minimum Gasteiger partial charge on any atom is -0.378 e. The molecule has 1 heterocycles. The van der Waals surface area contributed by atoms with Crippen molar-refractivity contribution < 1.29 is 4.39 Å². The summed E-state index contributed by atoms with van der Waals surface area (Å²) in [6, 6.07) is 16.7. The van der Waals surface area contributed by atoms with Crippen molar-refractivity contribution in [2.45, 2.75) is 6.42 Å². The van der Waals surface area contributed by atoms with Gasteiger partial charge in [0.1, 0.15) is 11.6 Å². The van der Waals surface area contributed by atoms with Crippen LogP contribution in [0.5, 0.6) is 0 Å². The van der Waals surface area contributed by atoms with E-state index in [-0.39, 0.29) is 5.82 Å². The van der Waals surface area contributed by atoms with Crippen molar-refractivity contribution in [1.82, 2.24) is 9.97 Å². The van der Waals surface area contributed by atoms with E-state index < -0.39 is 0 Å². The van der Waals surface area contributed by atoms with Gasteiger partial charge in [-0.25, -0.2) is 9.37 Å². The van der Waals surface area contributed by atoms with Crippen molar-refractivity contribution >= 4 is 23.1 Å². The molecule has 0 aliphatic heterocycles. The Bertz CT molecular complexity index is 849. The Morgan fingerprint density at radius 2 is 1.77 bits per heavy atom. The summed E-state index contributed by atoms with van der Waals surface area (Å²) in [7, 11) is 4.01. The lowest BCUT2D eigenvalue weighted by Crippen LogP contribution is -2.09. The highest BCUT2D eigenvalue weighted by molar-refractivity contribution is 5.60. The molecule has 6 heteroatoms. The molecule has 0 aliphatic rings. The molecule has 0 spiro atoms. The van der Waals surface area contributed by atoms with Crippen LogP contribution in [0.4, 0.5) is 27.5 Å². The van der Waals surface area contributed by atoms with Crippen LogP contribution in [0.3, 0.4) is 0 Å². The first-order chi connectivity index (χ1) is 12.6. The average Bonchev–Trinajstić information content (AvgIpc) is 2.64. The number of hydrogen-bond donors (Lipinski definition) is 2. The van der Waals surface area contributed by atoms with Gasteiger partial charge in [0.05, 0.1) is 0 Å². The van der Waals surface area contributed by atoms with Crippen molar-refractivity contribution in [1.29, 1.82) is 0 Å². The lowest BCUT2D eigenvalue weighted by atomic mass is 10.1. The van der Waals surface area contributed by atoms with Gasteiger partial charge in [0.2, 0.25) is 5.95 Å². The van der Waals surface area contributed by atoms with E-state index in [1.807, 2.05) is 55.4 Å². The second kappa shape index (κ2) is 8.29. The summed E-state index contributed by atoms with van der Waals surface area (Å²) in [6.07, 6.45) is 2.26. The lowest BCUT2D eigenvalue weighted by Gasteiger charge is -2.13. The van der Waals surface area contributed by atoms with Crippen LogP contribution in [0.1, 0.15) is 5.56 Å². The standard InChI is InChI=1S/C20H22FN5/c1-26(2)17-9-7-16(8-10-17)24-19-12-14-23-20(25-19)22-13-11-15-5-3-4-6-18(15)21/h3-10,12,14H,11,13H2,1-2H3,(H2,22,23,24,25). The van der Waals surface area contributed by atoms with E-state index in [4.69, 9.17) is 0 Å². The number of benzene rings is 2. The van der Waals surface area contributed by atoms with E-state index in [9.17, 15) is 4.39 Å². The fraction of sp³-hybridized carbons (Fsp3) is 0.200. The number of nitrogens with one attached hydrogen (secondary N) is 2. The molecule has 26 heavy (non-hydrogen) atoms. The predicted octanol–water partition coefficient (Wildman–Crippen LogP) is 4.08. The summed E-state index contributed by atoms with van der Waals surface area (Å²) in [5.74, 6) is 1.02. The van der Waals surface area contributed by atoms with Gasteiger partial charge in [-0.3, -0.25) is 0 Å². The van der Waals surface area contributed by atoms with Crippen molar-refractivity contribution in [3.05, 3.63) is 72.2 Å². The highest BCUT2D eigenvalue weighted by Gasteiger charge is 2.03. The van der Waals surface area contributed by atoms with Gasteiger partial charge >= 0.3 is 0 Å². The predicted molar refractivity (Wildman–Crippen MR) is 105 cm³/mol. The topological polar surface area (TPSA) is 53.1 Å². The molecule has 2 N–H and O–H groups in total. The highest BCUT2D eigenvalue weighted by Crippen LogP contribution is 2.19. The molecule has 134 valence electrons. The third-order valence-electron chi connectivity index (χ3n) is 3.95. The molecular weight excluding hydrogens is 329 g/mol. The van der Waals surface area contributed by atoms with Gasteiger partial charge in [0.25, 0.3) is 0 Å². The number of aromatic nitrogens is 2. The zero-order chi connectivity index (χ0) is 18.4. The van der Waals surface area contributed by atoms with Crippen LogP contribution in [-0.4, -0.2) is 30.6 Å². The second-order valence-corrected chi connectivity index (χ2v) is 6.10. The van der Waals surface area contributed by atoms with Crippen LogP contribution < -0.4 is 15.5 Å². The van der Waals surface area contributed by atoms with Gasteiger partial charge in [-0.2, -0.15) is 4.98 Å². The van der Waals surface area contributed by atoms with Gasteiger partial charge in [-0.1, -0.05) is 18.2 Å².